The molecule has 16 heavy (non-hydrogen) atoms. The number of rotatable bonds is 3. The molecule has 1 aromatic carbocycles. The van der Waals surface area contributed by atoms with Crippen LogP contribution in [0, 0.1) is 11.6 Å². The third-order valence-corrected chi connectivity index (χ3v) is 2.21. The predicted octanol–water partition coefficient (Wildman–Crippen LogP) is 2.34. The standard InChI is InChI=1S/C9H7BrF2N2OS/c10-4-1-5(11)9(6(12)2-4)14-8(15)3-7(13)16/h1-2H,3H2,(H2,13,16)(H,14,15). The van der Waals surface area contributed by atoms with Crippen LogP contribution in [0.1, 0.15) is 6.42 Å². The number of carbonyl (C=O) groups excluding carboxylic acids is 1. The van der Waals surface area contributed by atoms with Crippen LogP contribution in [0.2, 0.25) is 0 Å². The molecule has 0 saturated heterocycles. The maximum Gasteiger partial charge on any atom is 0.231 e. The van der Waals surface area contributed by atoms with Gasteiger partial charge < -0.3 is 11.1 Å². The monoisotopic (exact) mass is 308 g/mol. The largest absolute Gasteiger partial charge is 0.393 e. The minimum absolute atomic E-state index is 0.0459. The first-order chi connectivity index (χ1) is 7.40. The molecule has 0 aliphatic heterocycles. The molecule has 0 aliphatic carbocycles. The second kappa shape index (κ2) is 5.31. The van der Waals surface area contributed by atoms with E-state index < -0.39 is 23.2 Å². The van der Waals surface area contributed by atoms with Gasteiger partial charge in [-0.3, -0.25) is 4.79 Å². The predicted molar refractivity (Wildman–Crippen MR) is 64.1 cm³/mol. The Bertz CT molecular complexity index is 430. The van der Waals surface area contributed by atoms with Crippen LogP contribution in [0.3, 0.4) is 0 Å². The molecule has 0 spiro atoms. The third kappa shape index (κ3) is 3.49. The fourth-order valence-corrected chi connectivity index (χ4v) is 1.54. The molecule has 86 valence electrons. The first kappa shape index (κ1) is 13.0. The number of anilines is 1. The molecule has 0 aliphatic rings. The normalized spacial score (nSPS) is 9.94. The molecule has 0 aromatic heterocycles. The summed E-state index contributed by atoms with van der Waals surface area (Å²) in [6.07, 6.45) is -0.260. The lowest BCUT2D eigenvalue weighted by molar-refractivity contribution is -0.115. The summed E-state index contributed by atoms with van der Waals surface area (Å²) in [7, 11) is 0. The lowest BCUT2D eigenvalue weighted by Crippen LogP contribution is -2.21. The van der Waals surface area contributed by atoms with E-state index in [2.05, 4.69) is 33.5 Å². The van der Waals surface area contributed by atoms with Crippen LogP contribution < -0.4 is 11.1 Å². The van der Waals surface area contributed by atoms with Gasteiger partial charge in [0, 0.05) is 4.47 Å². The molecule has 1 amide bonds. The molecule has 0 bridgehead atoms. The fourth-order valence-electron chi connectivity index (χ4n) is 1.00. The fraction of sp³-hybridized carbons (Fsp3) is 0.111. The van der Waals surface area contributed by atoms with E-state index in [9.17, 15) is 13.6 Å². The zero-order chi connectivity index (χ0) is 12.3. The van der Waals surface area contributed by atoms with Crippen molar-refractivity contribution in [1.82, 2.24) is 0 Å². The number of halogens is 3. The van der Waals surface area contributed by atoms with Gasteiger partial charge in [-0.05, 0) is 12.1 Å². The SMILES string of the molecule is NC(=S)CC(=O)Nc1c(F)cc(Br)cc1F. The highest BCUT2D eigenvalue weighted by Crippen LogP contribution is 2.23. The van der Waals surface area contributed by atoms with E-state index >= 15 is 0 Å². The Hall–Kier alpha value is -1.08. The van der Waals surface area contributed by atoms with Crippen molar-refractivity contribution in [2.24, 2.45) is 5.73 Å². The van der Waals surface area contributed by atoms with E-state index in [-0.39, 0.29) is 15.9 Å². The van der Waals surface area contributed by atoms with Gasteiger partial charge in [-0.2, -0.15) is 0 Å². The molecule has 3 N–H and O–H groups in total. The molecule has 7 heteroatoms. The highest BCUT2D eigenvalue weighted by Gasteiger charge is 2.13. The van der Waals surface area contributed by atoms with E-state index in [1.807, 2.05) is 0 Å². The second-order valence-corrected chi connectivity index (χ2v) is 4.38. The van der Waals surface area contributed by atoms with Crippen molar-refractivity contribution in [2.75, 3.05) is 5.32 Å². The van der Waals surface area contributed by atoms with Gasteiger partial charge in [-0.15, -0.1) is 0 Å². The van der Waals surface area contributed by atoms with Crippen molar-refractivity contribution in [2.45, 2.75) is 6.42 Å². The van der Waals surface area contributed by atoms with Crippen LogP contribution in [-0.4, -0.2) is 10.9 Å². The van der Waals surface area contributed by atoms with Gasteiger partial charge in [0.15, 0.2) is 11.6 Å². The Morgan fingerprint density at radius 1 is 1.44 bits per heavy atom. The van der Waals surface area contributed by atoms with Crippen LogP contribution in [0.25, 0.3) is 0 Å². The molecule has 3 nitrogen and oxygen atoms in total. The van der Waals surface area contributed by atoms with E-state index in [0.717, 1.165) is 12.1 Å². The zero-order valence-corrected chi connectivity index (χ0v) is 10.3. The minimum Gasteiger partial charge on any atom is -0.393 e. The smallest absolute Gasteiger partial charge is 0.231 e. The number of nitrogens with one attached hydrogen (secondary N) is 1. The number of benzene rings is 1. The Labute approximate surface area is 104 Å². The van der Waals surface area contributed by atoms with Crippen LogP contribution in [-0.2, 0) is 4.79 Å². The highest BCUT2D eigenvalue weighted by molar-refractivity contribution is 9.10. The molecule has 1 aromatic rings. The van der Waals surface area contributed by atoms with Crippen LogP contribution in [0.15, 0.2) is 16.6 Å². The van der Waals surface area contributed by atoms with Gasteiger partial charge in [0.1, 0.15) is 5.69 Å². The lowest BCUT2D eigenvalue weighted by atomic mass is 10.2. The summed E-state index contributed by atoms with van der Waals surface area (Å²) in [4.78, 5) is 11.1. The second-order valence-electron chi connectivity index (χ2n) is 2.94. The van der Waals surface area contributed by atoms with E-state index in [4.69, 9.17) is 5.73 Å². The zero-order valence-electron chi connectivity index (χ0n) is 7.89. The molecule has 1 rings (SSSR count). The third-order valence-electron chi connectivity index (χ3n) is 1.61. The lowest BCUT2D eigenvalue weighted by Gasteiger charge is -2.07. The van der Waals surface area contributed by atoms with Gasteiger partial charge in [0.2, 0.25) is 5.91 Å². The quantitative estimate of drug-likeness (QED) is 0.843. The Kier molecular flexibility index (Phi) is 4.31. The number of hydrogen-bond acceptors (Lipinski definition) is 2. The Balaban J connectivity index is 2.89. The summed E-state index contributed by atoms with van der Waals surface area (Å²) in [6, 6.07) is 2.08. The Morgan fingerprint density at radius 3 is 2.38 bits per heavy atom. The van der Waals surface area contributed by atoms with Crippen molar-refractivity contribution < 1.29 is 13.6 Å². The van der Waals surface area contributed by atoms with Crippen LogP contribution in [0.4, 0.5) is 14.5 Å². The Morgan fingerprint density at radius 2 is 1.94 bits per heavy atom. The van der Waals surface area contributed by atoms with Crippen LogP contribution in [0.5, 0.6) is 0 Å². The maximum atomic E-state index is 13.3. The summed E-state index contributed by atoms with van der Waals surface area (Å²) in [5.74, 6) is -2.40. The van der Waals surface area contributed by atoms with Crippen molar-refractivity contribution in [3.8, 4) is 0 Å². The number of carbonyl (C=O) groups is 1. The van der Waals surface area contributed by atoms with Gasteiger partial charge in [0.05, 0.1) is 11.4 Å². The highest BCUT2D eigenvalue weighted by atomic mass is 79.9. The number of hydrogen-bond donors (Lipinski definition) is 2. The molecule has 0 radical (unpaired) electrons. The topological polar surface area (TPSA) is 55.1 Å². The number of thiocarbonyl (C=S) groups is 1. The number of amides is 1. The summed E-state index contributed by atoms with van der Waals surface area (Å²) in [5, 5.41) is 2.06. The number of nitrogens with two attached hydrogens (primary N) is 1. The molecule has 0 fully saturated rings. The first-order valence-corrected chi connectivity index (χ1v) is 5.33. The maximum absolute atomic E-state index is 13.3. The van der Waals surface area contributed by atoms with Crippen molar-refractivity contribution >= 4 is 44.7 Å². The average molecular weight is 309 g/mol. The molecule has 0 saturated carbocycles. The van der Waals surface area contributed by atoms with E-state index in [1.54, 1.807) is 0 Å². The molecule has 0 heterocycles. The molecule has 0 unspecified atom stereocenters. The molecular formula is C9H7BrF2N2OS. The molecular weight excluding hydrogens is 302 g/mol. The van der Waals surface area contributed by atoms with Crippen LogP contribution >= 0.6 is 28.1 Å². The van der Waals surface area contributed by atoms with Crippen molar-refractivity contribution in [1.29, 1.82) is 0 Å². The van der Waals surface area contributed by atoms with Gasteiger partial charge in [-0.25, -0.2) is 8.78 Å². The average Bonchev–Trinajstić information content (AvgIpc) is 2.09. The minimum atomic E-state index is -0.872. The summed E-state index contributed by atoms with van der Waals surface area (Å²) in [5.41, 5.74) is 4.61. The summed E-state index contributed by atoms with van der Waals surface area (Å²) >= 11 is 7.42. The van der Waals surface area contributed by atoms with Gasteiger partial charge in [-0.1, -0.05) is 28.1 Å². The van der Waals surface area contributed by atoms with E-state index in [0.29, 0.717) is 0 Å². The molecule has 0 atom stereocenters. The van der Waals surface area contributed by atoms with Crippen molar-refractivity contribution in [3.63, 3.8) is 0 Å². The van der Waals surface area contributed by atoms with Gasteiger partial charge in [0.25, 0.3) is 0 Å². The van der Waals surface area contributed by atoms with E-state index in [1.165, 1.54) is 0 Å². The first-order valence-electron chi connectivity index (χ1n) is 4.13. The van der Waals surface area contributed by atoms with Crippen molar-refractivity contribution in [3.05, 3.63) is 28.2 Å². The summed E-state index contributed by atoms with van der Waals surface area (Å²) in [6.45, 7) is 0. The van der Waals surface area contributed by atoms with Gasteiger partial charge >= 0.3 is 0 Å². The summed E-state index contributed by atoms with van der Waals surface area (Å²) < 4.78 is 26.8.